The number of nitrogens with zero attached hydrogens (tertiary/aromatic N) is 2. The van der Waals surface area contributed by atoms with Crippen LogP contribution in [0.2, 0.25) is 0 Å². The second kappa shape index (κ2) is 8.32. The van der Waals surface area contributed by atoms with Gasteiger partial charge in [-0.25, -0.2) is 9.13 Å². The van der Waals surface area contributed by atoms with Crippen LogP contribution in [0.1, 0.15) is 65.1 Å². The van der Waals surface area contributed by atoms with Gasteiger partial charge in [0.25, 0.3) is 5.82 Å². The fraction of sp³-hybridized carbons (Fsp3) is 0.800. The van der Waals surface area contributed by atoms with E-state index in [1.54, 1.807) is 0 Å². The van der Waals surface area contributed by atoms with Crippen LogP contribution in [0.5, 0.6) is 0 Å². The van der Waals surface area contributed by atoms with Gasteiger partial charge in [0.05, 0.1) is 13.1 Å². The second-order valence-corrected chi connectivity index (χ2v) is 4.87. The van der Waals surface area contributed by atoms with Gasteiger partial charge in [0, 0.05) is 6.42 Å². The molecule has 0 saturated heterocycles. The lowest BCUT2D eigenvalue weighted by atomic mass is 10.2. The van der Waals surface area contributed by atoms with Crippen LogP contribution in [-0.4, -0.2) is 4.57 Å². The topological polar surface area (TPSA) is 8.81 Å². The van der Waals surface area contributed by atoms with Gasteiger partial charge in [-0.15, -0.1) is 0 Å². The van der Waals surface area contributed by atoms with Crippen molar-refractivity contribution in [1.82, 2.24) is 4.57 Å². The first-order valence-electron chi connectivity index (χ1n) is 7.40. The number of hydrogen-bond donors (Lipinski definition) is 0. The molecule has 0 aliphatic heterocycles. The molecule has 98 valence electrons. The van der Waals surface area contributed by atoms with Crippen molar-refractivity contribution in [2.24, 2.45) is 0 Å². The van der Waals surface area contributed by atoms with Crippen molar-refractivity contribution in [2.45, 2.75) is 78.8 Å². The van der Waals surface area contributed by atoms with E-state index in [0.29, 0.717) is 0 Å². The summed E-state index contributed by atoms with van der Waals surface area (Å²) in [4.78, 5) is 0. The van der Waals surface area contributed by atoms with Crippen LogP contribution >= 0.6 is 0 Å². The number of unbranched alkanes of at least 4 members (excludes halogenated alkanes) is 4. The van der Waals surface area contributed by atoms with Crippen molar-refractivity contribution >= 4 is 0 Å². The highest BCUT2D eigenvalue weighted by Gasteiger charge is 2.13. The van der Waals surface area contributed by atoms with E-state index in [4.69, 9.17) is 0 Å². The molecular weight excluding hydrogens is 208 g/mol. The normalized spacial score (nSPS) is 11.0. The molecule has 0 spiro atoms. The van der Waals surface area contributed by atoms with Gasteiger partial charge in [0.1, 0.15) is 12.4 Å². The zero-order chi connectivity index (χ0) is 12.5. The molecule has 17 heavy (non-hydrogen) atoms. The molecule has 2 heteroatoms. The highest BCUT2D eigenvalue weighted by atomic mass is 15.1. The van der Waals surface area contributed by atoms with E-state index in [9.17, 15) is 0 Å². The third kappa shape index (κ3) is 4.53. The van der Waals surface area contributed by atoms with Gasteiger partial charge in [-0.05, 0) is 19.3 Å². The molecular formula is C15H29N2+. The smallest absolute Gasteiger partial charge is 0.234 e. The Morgan fingerprint density at radius 2 is 1.76 bits per heavy atom. The first-order valence-corrected chi connectivity index (χ1v) is 7.40. The monoisotopic (exact) mass is 237 g/mol. The number of aryl methyl sites for hydroxylation is 2. The van der Waals surface area contributed by atoms with Crippen molar-refractivity contribution in [2.75, 3.05) is 0 Å². The van der Waals surface area contributed by atoms with Gasteiger partial charge in [0.15, 0.2) is 0 Å². The predicted molar refractivity (Wildman–Crippen MR) is 73.1 cm³/mol. The van der Waals surface area contributed by atoms with Crippen molar-refractivity contribution in [3.8, 4) is 0 Å². The molecule has 0 atom stereocenters. The summed E-state index contributed by atoms with van der Waals surface area (Å²) in [7, 11) is 0. The van der Waals surface area contributed by atoms with Crippen LogP contribution in [0.3, 0.4) is 0 Å². The van der Waals surface area contributed by atoms with Gasteiger partial charge in [-0.1, -0.05) is 40.0 Å². The largest absolute Gasteiger partial charge is 0.256 e. The number of imidazole rings is 1. The van der Waals surface area contributed by atoms with Gasteiger partial charge in [0.2, 0.25) is 0 Å². The van der Waals surface area contributed by atoms with Gasteiger partial charge in [-0.2, -0.15) is 0 Å². The fourth-order valence-electron chi connectivity index (χ4n) is 2.35. The van der Waals surface area contributed by atoms with Crippen LogP contribution in [0.25, 0.3) is 0 Å². The zero-order valence-electron chi connectivity index (χ0n) is 11.9. The van der Waals surface area contributed by atoms with Crippen LogP contribution in [0, 0.1) is 0 Å². The fourth-order valence-corrected chi connectivity index (χ4v) is 2.35. The Hall–Kier alpha value is -0.790. The SMILES string of the molecule is CCCCCC[n+]1ccn(CCCC)c1CC. The van der Waals surface area contributed by atoms with E-state index in [0.717, 1.165) is 6.42 Å². The molecule has 1 heterocycles. The Labute approximate surface area is 107 Å². The molecule has 0 radical (unpaired) electrons. The maximum absolute atomic E-state index is 2.45. The second-order valence-electron chi connectivity index (χ2n) is 4.87. The molecule has 0 bridgehead atoms. The molecule has 0 unspecified atom stereocenters. The van der Waals surface area contributed by atoms with Crippen LogP contribution < -0.4 is 4.57 Å². The van der Waals surface area contributed by atoms with Crippen LogP contribution in [0.15, 0.2) is 12.4 Å². The third-order valence-electron chi connectivity index (χ3n) is 3.41. The minimum absolute atomic E-state index is 1.14. The third-order valence-corrected chi connectivity index (χ3v) is 3.41. The Bertz CT molecular complexity index is 302. The summed E-state index contributed by atoms with van der Waals surface area (Å²) in [5, 5.41) is 0. The average molecular weight is 237 g/mol. The molecule has 1 aromatic heterocycles. The molecule has 1 rings (SSSR count). The summed E-state index contributed by atoms with van der Waals surface area (Å²) in [6, 6.07) is 0. The molecule has 1 aromatic rings. The lowest BCUT2D eigenvalue weighted by Gasteiger charge is -2.03. The van der Waals surface area contributed by atoms with Crippen LogP contribution in [0.4, 0.5) is 0 Å². The standard InChI is InChI=1S/C15H29N2/c1-4-7-9-10-12-17-14-13-16(11-8-5-2)15(17)6-3/h13-14H,4-12H2,1-3H3/q+1. The average Bonchev–Trinajstić information content (AvgIpc) is 2.74. The van der Waals surface area contributed by atoms with E-state index >= 15 is 0 Å². The Balaban J connectivity index is 2.50. The van der Waals surface area contributed by atoms with Crippen molar-refractivity contribution in [3.05, 3.63) is 18.2 Å². The molecule has 0 fully saturated rings. The predicted octanol–water partition coefficient (Wildman–Crippen LogP) is 3.72. The van der Waals surface area contributed by atoms with Crippen molar-refractivity contribution in [1.29, 1.82) is 0 Å². The number of hydrogen-bond acceptors (Lipinski definition) is 0. The Morgan fingerprint density at radius 3 is 2.41 bits per heavy atom. The maximum Gasteiger partial charge on any atom is 0.256 e. The van der Waals surface area contributed by atoms with E-state index in [-0.39, 0.29) is 0 Å². The summed E-state index contributed by atoms with van der Waals surface area (Å²) in [6.07, 6.45) is 13.6. The van der Waals surface area contributed by atoms with E-state index in [1.807, 2.05) is 0 Å². The highest BCUT2D eigenvalue weighted by Crippen LogP contribution is 2.03. The summed E-state index contributed by atoms with van der Waals surface area (Å²) in [6.45, 7) is 9.17. The lowest BCUT2D eigenvalue weighted by Crippen LogP contribution is -2.37. The molecule has 0 aliphatic carbocycles. The van der Waals surface area contributed by atoms with Crippen molar-refractivity contribution in [3.63, 3.8) is 0 Å². The number of rotatable bonds is 9. The van der Waals surface area contributed by atoms with Crippen molar-refractivity contribution < 1.29 is 4.57 Å². The van der Waals surface area contributed by atoms with Gasteiger partial charge >= 0.3 is 0 Å². The lowest BCUT2D eigenvalue weighted by molar-refractivity contribution is -0.704. The summed E-state index contributed by atoms with van der Waals surface area (Å²) in [5.74, 6) is 1.50. The molecule has 0 aliphatic rings. The summed E-state index contributed by atoms with van der Waals surface area (Å²) in [5.41, 5.74) is 0. The first kappa shape index (κ1) is 14.3. The molecule has 0 saturated carbocycles. The van der Waals surface area contributed by atoms with Crippen LogP contribution in [-0.2, 0) is 19.5 Å². The molecule has 2 nitrogen and oxygen atoms in total. The zero-order valence-corrected chi connectivity index (χ0v) is 11.9. The van der Waals surface area contributed by atoms with E-state index in [1.165, 1.54) is 57.4 Å². The van der Waals surface area contributed by atoms with Gasteiger partial charge in [-0.3, -0.25) is 0 Å². The maximum atomic E-state index is 2.45. The Kier molecular flexibility index (Phi) is 6.99. The molecule has 0 amide bonds. The quantitative estimate of drug-likeness (QED) is 0.457. The minimum atomic E-state index is 1.14. The summed E-state index contributed by atoms with van der Waals surface area (Å²) < 4.78 is 4.88. The van der Waals surface area contributed by atoms with Gasteiger partial charge < -0.3 is 0 Å². The molecule has 0 aromatic carbocycles. The molecule has 0 N–H and O–H groups in total. The minimum Gasteiger partial charge on any atom is -0.234 e. The number of aromatic nitrogens is 2. The first-order chi connectivity index (χ1) is 8.33. The summed E-state index contributed by atoms with van der Waals surface area (Å²) >= 11 is 0. The highest BCUT2D eigenvalue weighted by molar-refractivity contribution is 4.82. The van der Waals surface area contributed by atoms with E-state index < -0.39 is 0 Å². The van der Waals surface area contributed by atoms with E-state index in [2.05, 4.69) is 42.3 Å². The Morgan fingerprint density at radius 1 is 1.00 bits per heavy atom.